The van der Waals surface area contributed by atoms with Gasteiger partial charge in [0.05, 0.1) is 5.56 Å². The van der Waals surface area contributed by atoms with E-state index in [1.54, 1.807) is 6.07 Å². The van der Waals surface area contributed by atoms with Crippen molar-refractivity contribution in [2.45, 2.75) is 31.5 Å². The Labute approximate surface area is 92.9 Å². The minimum Gasteiger partial charge on any atom is -0.372 e. The maximum atomic E-state index is 12.5. The van der Waals surface area contributed by atoms with Crippen molar-refractivity contribution in [3.63, 3.8) is 0 Å². The van der Waals surface area contributed by atoms with Crippen molar-refractivity contribution < 1.29 is 13.2 Å². The monoisotopic (exact) mass is 229 g/mol. The molecule has 0 aromatic heterocycles. The van der Waals surface area contributed by atoms with Gasteiger partial charge in [0.25, 0.3) is 0 Å². The van der Waals surface area contributed by atoms with E-state index in [1.807, 2.05) is 11.9 Å². The van der Waals surface area contributed by atoms with Gasteiger partial charge in [-0.3, -0.25) is 0 Å². The van der Waals surface area contributed by atoms with Crippen molar-refractivity contribution >= 4 is 5.69 Å². The van der Waals surface area contributed by atoms with Gasteiger partial charge in [-0.2, -0.15) is 13.2 Å². The van der Waals surface area contributed by atoms with E-state index in [9.17, 15) is 13.2 Å². The lowest BCUT2D eigenvalue weighted by Gasteiger charge is -2.36. The summed E-state index contributed by atoms with van der Waals surface area (Å²) in [6.45, 7) is 0. The fraction of sp³-hybridized carbons (Fsp3) is 0.500. The summed E-state index contributed by atoms with van der Waals surface area (Å²) in [5.41, 5.74) is 0.0794. The van der Waals surface area contributed by atoms with Crippen molar-refractivity contribution in [1.29, 1.82) is 0 Å². The Bertz CT molecular complexity index is 369. The molecule has 4 heteroatoms. The summed E-state index contributed by atoms with van der Waals surface area (Å²) in [4.78, 5) is 1.94. The van der Waals surface area contributed by atoms with E-state index in [0.717, 1.165) is 18.9 Å². The second-order valence-electron chi connectivity index (χ2n) is 4.24. The Hall–Kier alpha value is -1.19. The Balaban J connectivity index is 2.21. The Morgan fingerprint density at radius 3 is 2.44 bits per heavy atom. The van der Waals surface area contributed by atoms with Crippen molar-refractivity contribution in [1.82, 2.24) is 0 Å². The van der Waals surface area contributed by atoms with E-state index in [0.29, 0.717) is 11.7 Å². The molecule has 0 aliphatic heterocycles. The number of benzene rings is 1. The number of anilines is 1. The molecule has 1 aliphatic rings. The number of rotatable bonds is 2. The maximum Gasteiger partial charge on any atom is 0.416 e. The predicted octanol–water partition coefficient (Wildman–Crippen LogP) is 3.69. The predicted molar refractivity (Wildman–Crippen MR) is 57.5 cm³/mol. The van der Waals surface area contributed by atoms with Gasteiger partial charge >= 0.3 is 6.18 Å². The summed E-state index contributed by atoms with van der Waals surface area (Å²) < 4.78 is 37.5. The average Bonchev–Trinajstić information content (AvgIpc) is 2.14. The molecule has 1 nitrogen and oxygen atoms in total. The number of hydrogen-bond acceptors (Lipinski definition) is 1. The first kappa shape index (κ1) is 11.3. The van der Waals surface area contributed by atoms with E-state index >= 15 is 0 Å². The minimum absolute atomic E-state index is 0.406. The molecule has 0 atom stereocenters. The fourth-order valence-electron chi connectivity index (χ4n) is 1.89. The summed E-state index contributed by atoms with van der Waals surface area (Å²) in [5.74, 6) is 0. The highest BCUT2D eigenvalue weighted by Crippen LogP contribution is 2.33. The van der Waals surface area contributed by atoms with Crippen LogP contribution in [0, 0.1) is 0 Å². The van der Waals surface area contributed by atoms with Crippen LogP contribution in [0.5, 0.6) is 0 Å². The van der Waals surface area contributed by atoms with Gasteiger partial charge in [0.1, 0.15) is 0 Å². The van der Waals surface area contributed by atoms with Gasteiger partial charge in [-0.1, -0.05) is 6.07 Å². The van der Waals surface area contributed by atoms with E-state index in [1.165, 1.54) is 18.6 Å². The third-order valence-electron chi connectivity index (χ3n) is 3.20. The van der Waals surface area contributed by atoms with Crippen LogP contribution >= 0.6 is 0 Å². The Morgan fingerprint density at radius 1 is 1.25 bits per heavy atom. The molecular weight excluding hydrogens is 215 g/mol. The number of alkyl halides is 3. The molecular formula is C12H14F3N. The first-order valence-electron chi connectivity index (χ1n) is 5.38. The van der Waals surface area contributed by atoms with E-state index < -0.39 is 11.7 Å². The molecule has 0 saturated heterocycles. The molecule has 0 unspecified atom stereocenters. The van der Waals surface area contributed by atoms with Gasteiger partial charge in [0, 0.05) is 18.8 Å². The van der Waals surface area contributed by atoms with Gasteiger partial charge in [-0.05, 0) is 37.5 Å². The molecule has 1 aromatic rings. The second kappa shape index (κ2) is 4.00. The summed E-state index contributed by atoms with van der Waals surface area (Å²) in [5, 5.41) is 0. The van der Waals surface area contributed by atoms with E-state index in [2.05, 4.69) is 0 Å². The largest absolute Gasteiger partial charge is 0.416 e. The lowest BCUT2D eigenvalue weighted by Crippen LogP contribution is -2.37. The van der Waals surface area contributed by atoms with Crippen LogP contribution in [0.15, 0.2) is 24.3 Å². The lowest BCUT2D eigenvalue weighted by molar-refractivity contribution is -0.137. The van der Waals surface area contributed by atoms with Crippen molar-refractivity contribution in [2.24, 2.45) is 0 Å². The van der Waals surface area contributed by atoms with Gasteiger partial charge in [0.2, 0.25) is 0 Å². The molecule has 88 valence electrons. The highest BCUT2D eigenvalue weighted by molar-refractivity contribution is 5.49. The Kier molecular flexibility index (Phi) is 2.82. The quantitative estimate of drug-likeness (QED) is 0.747. The normalized spacial score (nSPS) is 17.0. The third kappa shape index (κ3) is 2.15. The van der Waals surface area contributed by atoms with Crippen LogP contribution in [-0.2, 0) is 6.18 Å². The second-order valence-corrected chi connectivity index (χ2v) is 4.24. The zero-order chi connectivity index (χ0) is 11.8. The summed E-state index contributed by atoms with van der Waals surface area (Å²) in [6, 6.07) is 5.93. The first-order valence-corrected chi connectivity index (χ1v) is 5.38. The van der Waals surface area contributed by atoms with Gasteiger partial charge in [-0.25, -0.2) is 0 Å². The number of nitrogens with zero attached hydrogens (tertiary/aromatic N) is 1. The first-order chi connectivity index (χ1) is 7.48. The molecule has 0 heterocycles. The van der Waals surface area contributed by atoms with Crippen molar-refractivity contribution in [2.75, 3.05) is 11.9 Å². The van der Waals surface area contributed by atoms with Crippen LogP contribution in [0.2, 0.25) is 0 Å². The summed E-state index contributed by atoms with van der Waals surface area (Å²) in [7, 11) is 1.86. The third-order valence-corrected chi connectivity index (χ3v) is 3.20. The van der Waals surface area contributed by atoms with Crippen LogP contribution in [-0.4, -0.2) is 13.1 Å². The van der Waals surface area contributed by atoms with E-state index in [4.69, 9.17) is 0 Å². The summed E-state index contributed by atoms with van der Waals surface area (Å²) >= 11 is 0. The Morgan fingerprint density at radius 2 is 1.94 bits per heavy atom. The smallest absolute Gasteiger partial charge is 0.372 e. The molecule has 1 aromatic carbocycles. The SMILES string of the molecule is CN(c1cccc(C(F)(F)F)c1)C1CCC1. The molecule has 16 heavy (non-hydrogen) atoms. The molecule has 0 N–H and O–H groups in total. The maximum absolute atomic E-state index is 12.5. The summed E-state index contributed by atoms with van der Waals surface area (Å²) in [6.07, 6.45) is -0.927. The highest BCUT2D eigenvalue weighted by Gasteiger charge is 2.31. The zero-order valence-electron chi connectivity index (χ0n) is 9.09. The van der Waals surface area contributed by atoms with Crippen LogP contribution in [0.4, 0.5) is 18.9 Å². The molecule has 1 aliphatic carbocycles. The van der Waals surface area contributed by atoms with Gasteiger partial charge < -0.3 is 4.90 Å². The molecule has 0 amide bonds. The molecule has 0 spiro atoms. The number of hydrogen-bond donors (Lipinski definition) is 0. The topological polar surface area (TPSA) is 3.24 Å². The molecule has 2 rings (SSSR count). The standard InChI is InChI=1S/C12H14F3N/c1-16(10-5-3-6-10)11-7-2-4-9(8-11)12(13,14)15/h2,4,7-8,10H,3,5-6H2,1H3. The van der Waals surface area contributed by atoms with Crippen molar-refractivity contribution in [3.05, 3.63) is 29.8 Å². The minimum atomic E-state index is -4.25. The molecule has 1 saturated carbocycles. The zero-order valence-corrected chi connectivity index (χ0v) is 9.09. The van der Waals surface area contributed by atoms with Crippen LogP contribution in [0.25, 0.3) is 0 Å². The van der Waals surface area contributed by atoms with Crippen LogP contribution < -0.4 is 4.90 Å². The number of halogens is 3. The van der Waals surface area contributed by atoms with Crippen LogP contribution in [0.3, 0.4) is 0 Å². The van der Waals surface area contributed by atoms with Gasteiger partial charge in [0.15, 0.2) is 0 Å². The lowest BCUT2D eigenvalue weighted by atomic mass is 9.91. The van der Waals surface area contributed by atoms with Crippen LogP contribution in [0.1, 0.15) is 24.8 Å². The van der Waals surface area contributed by atoms with Gasteiger partial charge in [-0.15, -0.1) is 0 Å². The highest BCUT2D eigenvalue weighted by atomic mass is 19.4. The average molecular weight is 229 g/mol. The molecule has 0 radical (unpaired) electrons. The molecule has 1 fully saturated rings. The van der Waals surface area contributed by atoms with Crippen molar-refractivity contribution in [3.8, 4) is 0 Å². The van der Waals surface area contributed by atoms with E-state index in [-0.39, 0.29) is 0 Å². The molecule has 0 bridgehead atoms. The fourth-order valence-corrected chi connectivity index (χ4v) is 1.89.